The number of imidazole rings is 1. The van der Waals surface area contributed by atoms with E-state index in [-0.39, 0.29) is 17.9 Å². The lowest BCUT2D eigenvalue weighted by Gasteiger charge is -2.23. The van der Waals surface area contributed by atoms with Crippen LogP contribution in [0, 0.1) is 0 Å². The Bertz CT molecular complexity index is 822. The zero-order chi connectivity index (χ0) is 18.6. The molecule has 6 heteroatoms. The predicted molar refractivity (Wildman–Crippen MR) is 104 cm³/mol. The van der Waals surface area contributed by atoms with Crippen molar-refractivity contribution in [1.82, 2.24) is 14.9 Å². The van der Waals surface area contributed by atoms with E-state index < -0.39 is 0 Å². The van der Waals surface area contributed by atoms with Gasteiger partial charge in [-0.05, 0) is 44.2 Å². The van der Waals surface area contributed by atoms with E-state index in [9.17, 15) is 9.59 Å². The highest BCUT2D eigenvalue weighted by molar-refractivity contribution is 6.03. The van der Waals surface area contributed by atoms with Crippen LogP contribution in [-0.2, 0) is 13.0 Å². The number of hydrogen-bond donors (Lipinski definition) is 2. The largest absolute Gasteiger partial charge is 0.348 e. The molecule has 0 radical (unpaired) electrons. The van der Waals surface area contributed by atoms with Crippen molar-refractivity contribution in [2.75, 3.05) is 5.32 Å². The van der Waals surface area contributed by atoms with Gasteiger partial charge in [0.25, 0.3) is 11.8 Å². The zero-order valence-electron chi connectivity index (χ0n) is 15.5. The molecule has 1 saturated carbocycles. The number of nitrogens with zero attached hydrogens (tertiary/aromatic N) is 2. The minimum absolute atomic E-state index is 0.133. The van der Waals surface area contributed by atoms with Crippen molar-refractivity contribution in [2.24, 2.45) is 0 Å². The first-order chi connectivity index (χ1) is 13.2. The van der Waals surface area contributed by atoms with Crippen molar-refractivity contribution < 1.29 is 9.59 Å². The summed E-state index contributed by atoms with van der Waals surface area (Å²) in [4.78, 5) is 30.1. The van der Waals surface area contributed by atoms with E-state index in [0.717, 1.165) is 62.9 Å². The molecular weight excluding hydrogens is 340 g/mol. The number of benzene rings is 1. The summed E-state index contributed by atoms with van der Waals surface area (Å²) in [5.41, 5.74) is 2.05. The Morgan fingerprint density at radius 1 is 0.963 bits per heavy atom. The first-order valence-corrected chi connectivity index (χ1v) is 9.99. The van der Waals surface area contributed by atoms with Gasteiger partial charge in [0.05, 0.1) is 5.69 Å². The third-order valence-electron chi connectivity index (χ3n) is 5.51. The Kier molecular flexibility index (Phi) is 5.23. The fraction of sp³-hybridized carbons (Fsp3) is 0.476. The first-order valence-electron chi connectivity index (χ1n) is 9.99. The highest BCUT2D eigenvalue weighted by atomic mass is 16.2. The van der Waals surface area contributed by atoms with E-state index in [4.69, 9.17) is 0 Å². The van der Waals surface area contributed by atoms with Crippen molar-refractivity contribution in [3.05, 3.63) is 47.5 Å². The SMILES string of the molecule is O=C(NC1CCCCC1)c1nc(C(=O)Nc2ccccc2)n2c1CCCC2. The minimum Gasteiger partial charge on any atom is -0.348 e. The molecule has 0 saturated heterocycles. The monoisotopic (exact) mass is 366 g/mol. The number of rotatable bonds is 4. The predicted octanol–water partition coefficient (Wildman–Crippen LogP) is 3.53. The number of para-hydroxylation sites is 1. The lowest BCUT2D eigenvalue weighted by atomic mass is 9.95. The van der Waals surface area contributed by atoms with E-state index in [1.165, 1.54) is 6.42 Å². The number of anilines is 1. The molecule has 1 aromatic carbocycles. The Hall–Kier alpha value is -2.63. The lowest BCUT2D eigenvalue weighted by Crippen LogP contribution is -2.37. The van der Waals surface area contributed by atoms with Crippen LogP contribution in [0.2, 0.25) is 0 Å². The van der Waals surface area contributed by atoms with Gasteiger partial charge in [0.1, 0.15) is 5.69 Å². The van der Waals surface area contributed by atoms with Gasteiger partial charge < -0.3 is 15.2 Å². The second-order valence-electron chi connectivity index (χ2n) is 7.47. The summed E-state index contributed by atoms with van der Waals surface area (Å²) in [5.74, 6) is -0.0604. The third-order valence-corrected chi connectivity index (χ3v) is 5.51. The molecule has 2 aromatic rings. The van der Waals surface area contributed by atoms with Gasteiger partial charge in [-0.1, -0.05) is 37.5 Å². The molecule has 0 unspecified atom stereocenters. The maximum absolute atomic E-state index is 12.9. The van der Waals surface area contributed by atoms with E-state index in [1.54, 1.807) is 0 Å². The van der Waals surface area contributed by atoms with Crippen molar-refractivity contribution in [3.8, 4) is 0 Å². The quantitative estimate of drug-likeness (QED) is 0.869. The molecule has 1 aliphatic heterocycles. The average molecular weight is 366 g/mol. The van der Waals surface area contributed by atoms with Gasteiger partial charge in [0.15, 0.2) is 5.82 Å². The molecule has 27 heavy (non-hydrogen) atoms. The highest BCUT2D eigenvalue weighted by Crippen LogP contribution is 2.23. The van der Waals surface area contributed by atoms with Crippen molar-refractivity contribution in [2.45, 2.75) is 64.0 Å². The van der Waals surface area contributed by atoms with Crippen molar-refractivity contribution in [3.63, 3.8) is 0 Å². The molecule has 142 valence electrons. The first kappa shape index (κ1) is 17.8. The fourth-order valence-electron chi connectivity index (χ4n) is 4.11. The number of carbonyl (C=O) groups is 2. The van der Waals surface area contributed by atoms with Crippen LogP contribution in [0.25, 0.3) is 0 Å². The minimum atomic E-state index is -0.263. The molecule has 0 atom stereocenters. The summed E-state index contributed by atoms with van der Waals surface area (Å²) in [6.45, 7) is 0.733. The summed E-state index contributed by atoms with van der Waals surface area (Å²) >= 11 is 0. The Balaban J connectivity index is 1.57. The van der Waals surface area contributed by atoms with Gasteiger partial charge in [-0.25, -0.2) is 4.98 Å². The zero-order valence-corrected chi connectivity index (χ0v) is 15.5. The molecule has 1 aliphatic carbocycles. The molecule has 4 rings (SSSR count). The van der Waals surface area contributed by atoms with Gasteiger partial charge in [-0.2, -0.15) is 0 Å². The summed E-state index contributed by atoms with van der Waals surface area (Å²) in [5, 5.41) is 6.03. The summed E-state index contributed by atoms with van der Waals surface area (Å²) in [6, 6.07) is 9.57. The van der Waals surface area contributed by atoms with E-state index >= 15 is 0 Å². The lowest BCUT2D eigenvalue weighted by molar-refractivity contribution is 0.0921. The number of aromatic nitrogens is 2. The maximum atomic E-state index is 12.9. The van der Waals surface area contributed by atoms with Crippen LogP contribution in [0.1, 0.15) is 71.7 Å². The average Bonchev–Trinajstić information content (AvgIpc) is 3.09. The molecule has 6 nitrogen and oxygen atoms in total. The number of nitrogens with one attached hydrogen (secondary N) is 2. The molecule has 2 amide bonds. The maximum Gasteiger partial charge on any atom is 0.291 e. The third kappa shape index (κ3) is 3.89. The van der Waals surface area contributed by atoms with Crippen LogP contribution in [0.4, 0.5) is 5.69 Å². The van der Waals surface area contributed by atoms with Crippen LogP contribution in [0.3, 0.4) is 0 Å². The van der Waals surface area contributed by atoms with Gasteiger partial charge in [0, 0.05) is 18.3 Å². The summed E-state index contributed by atoms with van der Waals surface area (Å²) in [7, 11) is 0. The molecule has 0 spiro atoms. The van der Waals surface area contributed by atoms with Crippen LogP contribution in [-0.4, -0.2) is 27.4 Å². The second-order valence-corrected chi connectivity index (χ2v) is 7.47. The smallest absolute Gasteiger partial charge is 0.291 e. The van der Waals surface area contributed by atoms with Gasteiger partial charge in [-0.3, -0.25) is 9.59 Å². The molecule has 2 aliphatic rings. The fourth-order valence-corrected chi connectivity index (χ4v) is 4.11. The molecular formula is C21H26N4O2. The van der Waals surface area contributed by atoms with E-state index in [0.29, 0.717) is 11.5 Å². The normalized spacial score (nSPS) is 17.2. The van der Waals surface area contributed by atoms with E-state index in [1.807, 2.05) is 34.9 Å². The number of fused-ring (bicyclic) bond motifs is 1. The number of carbonyl (C=O) groups excluding carboxylic acids is 2. The van der Waals surface area contributed by atoms with Crippen LogP contribution in [0.5, 0.6) is 0 Å². The Labute approximate surface area is 159 Å². The summed E-state index contributed by atoms with van der Waals surface area (Å²) in [6.07, 6.45) is 8.45. The molecule has 2 heterocycles. The van der Waals surface area contributed by atoms with Crippen LogP contribution in [0.15, 0.2) is 30.3 Å². The van der Waals surface area contributed by atoms with Gasteiger partial charge >= 0.3 is 0 Å². The molecule has 1 aromatic heterocycles. The van der Waals surface area contributed by atoms with Crippen molar-refractivity contribution in [1.29, 1.82) is 0 Å². The van der Waals surface area contributed by atoms with Crippen LogP contribution < -0.4 is 10.6 Å². The molecule has 0 bridgehead atoms. The highest BCUT2D eigenvalue weighted by Gasteiger charge is 2.28. The van der Waals surface area contributed by atoms with Crippen LogP contribution >= 0.6 is 0 Å². The number of hydrogen-bond acceptors (Lipinski definition) is 3. The Morgan fingerprint density at radius 2 is 1.74 bits per heavy atom. The van der Waals surface area contributed by atoms with Crippen molar-refractivity contribution >= 4 is 17.5 Å². The Morgan fingerprint density at radius 3 is 2.52 bits per heavy atom. The van der Waals surface area contributed by atoms with E-state index in [2.05, 4.69) is 15.6 Å². The van der Waals surface area contributed by atoms with Gasteiger partial charge in [0.2, 0.25) is 0 Å². The number of amides is 2. The second kappa shape index (κ2) is 7.94. The van der Waals surface area contributed by atoms with Gasteiger partial charge in [-0.15, -0.1) is 0 Å². The molecule has 1 fully saturated rings. The standard InChI is InChI=1S/C21H26N4O2/c26-20(22-15-9-3-1-4-10-15)18-17-13-7-8-14-25(17)19(24-18)21(27)23-16-11-5-2-6-12-16/h2,5-6,11-12,15H,1,3-4,7-10,13-14H2,(H,22,26)(H,23,27). The molecule has 2 N–H and O–H groups in total. The topological polar surface area (TPSA) is 76.0 Å². The summed E-state index contributed by atoms with van der Waals surface area (Å²) < 4.78 is 1.93.